The summed E-state index contributed by atoms with van der Waals surface area (Å²) in [6.07, 6.45) is 6.99. The number of amides is 1. The van der Waals surface area contributed by atoms with Crippen LogP contribution in [0.5, 0.6) is 0 Å². The molecule has 0 aliphatic heterocycles. The van der Waals surface area contributed by atoms with Crippen LogP contribution in [0.1, 0.15) is 29.5 Å². The molecule has 0 bridgehead atoms. The summed E-state index contributed by atoms with van der Waals surface area (Å²) >= 11 is 0. The second kappa shape index (κ2) is 6.44. The van der Waals surface area contributed by atoms with Gasteiger partial charge in [0.25, 0.3) is 0 Å². The highest BCUT2D eigenvalue weighted by Crippen LogP contribution is 2.23. The number of aromatic nitrogens is 1. The summed E-state index contributed by atoms with van der Waals surface area (Å²) in [6, 6.07) is 16.2. The van der Waals surface area contributed by atoms with Crippen molar-refractivity contribution in [1.82, 2.24) is 4.98 Å². The Kier molecular flexibility index (Phi) is 3.99. The van der Waals surface area contributed by atoms with Crippen molar-refractivity contribution in [3.63, 3.8) is 0 Å². The van der Waals surface area contributed by atoms with Crippen LogP contribution >= 0.6 is 0 Å². The predicted molar refractivity (Wildman–Crippen MR) is 97.2 cm³/mol. The fraction of sp³-hybridized carbons (Fsp3) is 0.238. The van der Waals surface area contributed by atoms with Gasteiger partial charge in [-0.25, -0.2) is 0 Å². The number of anilines is 1. The van der Waals surface area contributed by atoms with Gasteiger partial charge in [-0.2, -0.15) is 0 Å². The molecule has 3 aromatic rings. The molecule has 2 aromatic carbocycles. The predicted octanol–water partition coefficient (Wildman–Crippen LogP) is 4.29. The largest absolute Gasteiger partial charge is 0.324 e. The molecule has 1 aliphatic rings. The maximum absolute atomic E-state index is 12.5. The van der Waals surface area contributed by atoms with Gasteiger partial charge in [-0.05, 0) is 54.5 Å². The Bertz CT molecular complexity index is 896. The van der Waals surface area contributed by atoms with Crippen LogP contribution in [0.4, 0.5) is 5.69 Å². The quantitative estimate of drug-likeness (QED) is 0.783. The Morgan fingerprint density at radius 1 is 1.00 bits per heavy atom. The van der Waals surface area contributed by atoms with Gasteiger partial charge in [-0.3, -0.25) is 9.78 Å². The van der Waals surface area contributed by atoms with E-state index in [4.69, 9.17) is 0 Å². The van der Waals surface area contributed by atoms with Crippen molar-refractivity contribution in [3.05, 3.63) is 71.4 Å². The van der Waals surface area contributed by atoms with E-state index in [1.165, 1.54) is 30.4 Å². The topological polar surface area (TPSA) is 42.0 Å². The summed E-state index contributed by atoms with van der Waals surface area (Å²) in [7, 11) is 0. The van der Waals surface area contributed by atoms with Gasteiger partial charge in [-0.15, -0.1) is 0 Å². The second-order valence-electron chi connectivity index (χ2n) is 6.42. The summed E-state index contributed by atoms with van der Waals surface area (Å²) in [5.74, 6) is 0.00362. The van der Waals surface area contributed by atoms with Crippen LogP contribution in [0.2, 0.25) is 0 Å². The molecule has 1 heterocycles. The van der Waals surface area contributed by atoms with Gasteiger partial charge in [0.1, 0.15) is 0 Å². The van der Waals surface area contributed by atoms with Gasteiger partial charge in [0.15, 0.2) is 0 Å². The third kappa shape index (κ3) is 3.02. The minimum absolute atomic E-state index is 0.00362. The SMILES string of the molecule is O=C(Cc1ccc2c(c1)CCCC2)Nc1cccc2cccnc12. The number of carbonyl (C=O) groups is 1. The zero-order valence-electron chi connectivity index (χ0n) is 13.6. The first-order chi connectivity index (χ1) is 11.8. The molecule has 4 rings (SSSR count). The van der Waals surface area contributed by atoms with Crippen LogP contribution in [-0.4, -0.2) is 10.9 Å². The monoisotopic (exact) mass is 316 g/mol. The number of aryl methyl sites for hydroxylation is 2. The van der Waals surface area contributed by atoms with E-state index in [0.717, 1.165) is 28.6 Å². The number of fused-ring (bicyclic) bond motifs is 2. The third-order valence-electron chi connectivity index (χ3n) is 4.68. The summed E-state index contributed by atoms with van der Waals surface area (Å²) in [5, 5.41) is 4.04. The van der Waals surface area contributed by atoms with E-state index in [2.05, 4.69) is 28.5 Å². The van der Waals surface area contributed by atoms with Crippen LogP contribution in [0.3, 0.4) is 0 Å². The highest BCUT2D eigenvalue weighted by atomic mass is 16.1. The molecule has 0 spiro atoms. The van der Waals surface area contributed by atoms with E-state index in [-0.39, 0.29) is 5.91 Å². The maximum Gasteiger partial charge on any atom is 0.228 e. The summed E-state index contributed by atoms with van der Waals surface area (Å²) < 4.78 is 0. The molecule has 24 heavy (non-hydrogen) atoms. The molecule has 3 heteroatoms. The third-order valence-corrected chi connectivity index (χ3v) is 4.68. The molecular weight excluding hydrogens is 296 g/mol. The first kappa shape index (κ1) is 14.9. The number of pyridine rings is 1. The summed E-state index contributed by atoms with van der Waals surface area (Å²) in [6.45, 7) is 0. The van der Waals surface area contributed by atoms with Crippen LogP contribution in [-0.2, 0) is 24.1 Å². The van der Waals surface area contributed by atoms with Crippen LogP contribution in [0, 0.1) is 0 Å². The van der Waals surface area contributed by atoms with Crippen molar-refractivity contribution in [2.75, 3.05) is 5.32 Å². The molecule has 0 radical (unpaired) electrons. The van der Waals surface area contributed by atoms with E-state index in [1.807, 2.05) is 30.3 Å². The maximum atomic E-state index is 12.5. The van der Waals surface area contributed by atoms with E-state index in [0.29, 0.717) is 6.42 Å². The van der Waals surface area contributed by atoms with Crippen LogP contribution < -0.4 is 5.32 Å². The average Bonchev–Trinajstić information content (AvgIpc) is 2.62. The number of nitrogens with one attached hydrogen (secondary N) is 1. The fourth-order valence-electron chi connectivity index (χ4n) is 3.48. The van der Waals surface area contributed by atoms with Gasteiger partial charge < -0.3 is 5.32 Å². The van der Waals surface area contributed by atoms with E-state index in [9.17, 15) is 4.79 Å². The zero-order chi connectivity index (χ0) is 16.4. The van der Waals surface area contributed by atoms with Gasteiger partial charge >= 0.3 is 0 Å². The Labute approximate surface area is 141 Å². The van der Waals surface area contributed by atoms with Crippen LogP contribution in [0.25, 0.3) is 10.9 Å². The molecule has 3 nitrogen and oxygen atoms in total. The summed E-state index contributed by atoms with van der Waals surface area (Å²) in [4.78, 5) is 16.8. The molecule has 120 valence electrons. The minimum Gasteiger partial charge on any atom is -0.324 e. The van der Waals surface area contributed by atoms with Gasteiger partial charge in [0.2, 0.25) is 5.91 Å². The highest BCUT2D eigenvalue weighted by molar-refractivity contribution is 6.00. The number of carbonyl (C=O) groups excluding carboxylic acids is 1. The molecule has 0 atom stereocenters. The number of nitrogens with zero attached hydrogens (tertiary/aromatic N) is 1. The smallest absolute Gasteiger partial charge is 0.228 e. The molecule has 1 aliphatic carbocycles. The lowest BCUT2D eigenvalue weighted by Gasteiger charge is -2.16. The Morgan fingerprint density at radius 2 is 1.83 bits per heavy atom. The minimum atomic E-state index is 0.00362. The zero-order valence-corrected chi connectivity index (χ0v) is 13.6. The molecule has 0 fully saturated rings. The van der Waals surface area contributed by atoms with E-state index >= 15 is 0 Å². The lowest BCUT2D eigenvalue weighted by Crippen LogP contribution is -2.15. The number of hydrogen-bond donors (Lipinski definition) is 1. The van der Waals surface area contributed by atoms with E-state index < -0.39 is 0 Å². The molecule has 1 aromatic heterocycles. The lowest BCUT2D eigenvalue weighted by molar-refractivity contribution is -0.115. The molecule has 1 amide bonds. The standard InChI is InChI=1S/C21H20N2O/c24-20(14-15-10-11-16-5-1-2-6-18(16)13-15)23-19-9-3-7-17-8-4-12-22-21(17)19/h3-4,7-13H,1-2,5-6,14H2,(H,23,24). The van der Waals surface area contributed by atoms with Gasteiger partial charge in [0, 0.05) is 11.6 Å². The first-order valence-corrected chi connectivity index (χ1v) is 8.54. The van der Waals surface area contributed by atoms with E-state index in [1.54, 1.807) is 6.20 Å². The van der Waals surface area contributed by atoms with Crippen molar-refractivity contribution < 1.29 is 4.79 Å². The average molecular weight is 316 g/mol. The number of rotatable bonds is 3. The first-order valence-electron chi connectivity index (χ1n) is 8.54. The fourth-order valence-corrected chi connectivity index (χ4v) is 3.48. The van der Waals surface area contributed by atoms with Crippen molar-refractivity contribution in [3.8, 4) is 0 Å². The van der Waals surface area contributed by atoms with Crippen molar-refractivity contribution in [1.29, 1.82) is 0 Å². The second-order valence-corrected chi connectivity index (χ2v) is 6.42. The van der Waals surface area contributed by atoms with Gasteiger partial charge in [0.05, 0.1) is 17.6 Å². The van der Waals surface area contributed by atoms with Crippen molar-refractivity contribution in [2.24, 2.45) is 0 Å². The molecule has 0 saturated carbocycles. The number of para-hydroxylation sites is 1. The van der Waals surface area contributed by atoms with Crippen molar-refractivity contribution in [2.45, 2.75) is 32.1 Å². The number of hydrogen-bond acceptors (Lipinski definition) is 2. The van der Waals surface area contributed by atoms with Gasteiger partial charge in [-0.1, -0.05) is 36.4 Å². The molecule has 0 unspecified atom stereocenters. The Balaban J connectivity index is 1.52. The highest BCUT2D eigenvalue weighted by Gasteiger charge is 2.12. The van der Waals surface area contributed by atoms with Crippen LogP contribution in [0.15, 0.2) is 54.7 Å². The lowest BCUT2D eigenvalue weighted by atomic mass is 9.90. The Hall–Kier alpha value is -2.68. The number of benzene rings is 2. The molecule has 0 saturated heterocycles. The molecular formula is C21H20N2O. The summed E-state index contributed by atoms with van der Waals surface area (Å²) in [5.41, 5.74) is 5.55. The van der Waals surface area contributed by atoms with Crippen molar-refractivity contribution >= 4 is 22.5 Å². The normalized spacial score (nSPS) is 13.5. The molecule has 1 N–H and O–H groups in total. The Morgan fingerprint density at radius 3 is 2.75 bits per heavy atom.